The summed E-state index contributed by atoms with van der Waals surface area (Å²) in [4.78, 5) is 17.0. The Kier molecular flexibility index (Phi) is 6.93. The maximum Gasteiger partial charge on any atom is 0.321 e. The Morgan fingerprint density at radius 2 is 1.71 bits per heavy atom. The SMILES string of the molecule is COc1ccc(CCN2CCN(C(=O)Nc3ccccc3C(C)C)CC2)cc1. The van der Waals surface area contributed by atoms with Crippen molar-refractivity contribution in [1.29, 1.82) is 0 Å². The number of urea groups is 1. The monoisotopic (exact) mass is 381 g/mol. The molecule has 2 aromatic rings. The van der Waals surface area contributed by atoms with Crippen LogP contribution >= 0.6 is 0 Å². The van der Waals surface area contributed by atoms with E-state index >= 15 is 0 Å². The van der Waals surface area contributed by atoms with Crippen LogP contribution in [-0.2, 0) is 6.42 Å². The number of benzene rings is 2. The van der Waals surface area contributed by atoms with Crippen molar-refractivity contribution in [2.75, 3.05) is 45.2 Å². The molecule has 5 nitrogen and oxygen atoms in total. The van der Waals surface area contributed by atoms with Crippen LogP contribution in [0.3, 0.4) is 0 Å². The van der Waals surface area contributed by atoms with E-state index in [1.807, 2.05) is 35.2 Å². The fourth-order valence-corrected chi connectivity index (χ4v) is 3.56. The van der Waals surface area contributed by atoms with Crippen LogP contribution in [0.1, 0.15) is 30.9 Å². The molecule has 0 unspecified atom stereocenters. The molecular formula is C23H31N3O2. The van der Waals surface area contributed by atoms with Crippen molar-refractivity contribution in [3.05, 3.63) is 59.7 Å². The number of hydrogen-bond acceptors (Lipinski definition) is 3. The quantitative estimate of drug-likeness (QED) is 0.815. The number of methoxy groups -OCH3 is 1. The topological polar surface area (TPSA) is 44.8 Å². The second-order valence-corrected chi connectivity index (χ2v) is 7.60. The Hall–Kier alpha value is -2.53. The highest BCUT2D eigenvalue weighted by Crippen LogP contribution is 2.24. The molecule has 0 radical (unpaired) electrons. The molecule has 1 aliphatic heterocycles. The number of para-hydroxylation sites is 1. The van der Waals surface area contributed by atoms with Crippen molar-refractivity contribution >= 4 is 11.7 Å². The molecule has 2 aromatic carbocycles. The highest BCUT2D eigenvalue weighted by molar-refractivity contribution is 5.90. The first-order chi connectivity index (χ1) is 13.6. The maximum absolute atomic E-state index is 12.7. The summed E-state index contributed by atoms with van der Waals surface area (Å²) in [7, 11) is 1.69. The second kappa shape index (κ2) is 9.60. The molecule has 5 heteroatoms. The number of piperazine rings is 1. The standard InChI is InChI=1S/C23H31N3O2/c1-18(2)21-6-4-5-7-22(21)24-23(27)26-16-14-25(15-17-26)13-12-19-8-10-20(28-3)11-9-19/h4-11,18H,12-17H2,1-3H3,(H,24,27). The zero-order chi connectivity index (χ0) is 19.9. The molecule has 1 fully saturated rings. The van der Waals surface area contributed by atoms with Gasteiger partial charge in [0.1, 0.15) is 5.75 Å². The predicted octanol–water partition coefficient (Wildman–Crippen LogP) is 4.21. The summed E-state index contributed by atoms with van der Waals surface area (Å²) >= 11 is 0. The number of anilines is 1. The van der Waals surface area contributed by atoms with Crippen molar-refractivity contribution < 1.29 is 9.53 Å². The fraction of sp³-hybridized carbons (Fsp3) is 0.435. The third kappa shape index (κ3) is 5.26. The third-order valence-corrected chi connectivity index (χ3v) is 5.36. The van der Waals surface area contributed by atoms with E-state index in [0.717, 1.165) is 50.6 Å². The molecule has 0 bridgehead atoms. The minimum Gasteiger partial charge on any atom is -0.497 e. The van der Waals surface area contributed by atoms with Crippen LogP contribution in [0, 0.1) is 0 Å². The minimum absolute atomic E-state index is 0.00269. The molecule has 28 heavy (non-hydrogen) atoms. The first-order valence-corrected chi connectivity index (χ1v) is 10.1. The van der Waals surface area contributed by atoms with Crippen LogP contribution in [0.2, 0.25) is 0 Å². The number of amides is 2. The lowest BCUT2D eigenvalue weighted by molar-refractivity contribution is 0.148. The number of nitrogens with one attached hydrogen (secondary N) is 1. The molecular weight excluding hydrogens is 350 g/mol. The van der Waals surface area contributed by atoms with Crippen molar-refractivity contribution in [1.82, 2.24) is 9.80 Å². The fourth-order valence-electron chi connectivity index (χ4n) is 3.56. The van der Waals surface area contributed by atoms with Gasteiger partial charge in [-0.25, -0.2) is 4.79 Å². The first kappa shape index (κ1) is 20.2. The van der Waals surface area contributed by atoms with Crippen LogP contribution in [0.15, 0.2) is 48.5 Å². The average Bonchev–Trinajstić information content (AvgIpc) is 2.73. The summed E-state index contributed by atoms with van der Waals surface area (Å²) in [5.41, 5.74) is 3.41. The molecule has 2 amide bonds. The first-order valence-electron chi connectivity index (χ1n) is 10.1. The van der Waals surface area contributed by atoms with Gasteiger partial charge in [0, 0.05) is 38.4 Å². The molecule has 0 atom stereocenters. The molecule has 1 saturated heterocycles. The van der Waals surface area contributed by atoms with Crippen LogP contribution in [0.25, 0.3) is 0 Å². The van der Waals surface area contributed by atoms with E-state index in [1.54, 1.807) is 7.11 Å². The number of ether oxygens (including phenoxy) is 1. The number of rotatable bonds is 6. The van der Waals surface area contributed by atoms with Crippen LogP contribution < -0.4 is 10.1 Å². The lowest BCUT2D eigenvalue weighted by Gasteiger charge is -2.35. The Morgan fingerprint density at radius 3 is 2.36 bits per heavy atom. The van der Waals surface area contributed by atoms with E-state index in [0.29, 0.717) is 5.92 Å². The number of carbonyl (C=O) groups is 1. The van der Waals surface area contributed by atoms with Gasteiger partial charge in [0.15, 0.2) is 0 Å². The molecule has 3 rings (SSSR count). The number of carbonyl (C=O) groups excluding carboxylic acids is 1. The average molecular weight is 382 g/mol. The summed E-state index contributed by atoms with van der Waals surface area (Å²) in [5, 5.41) is 3.10. The van der Waals surface area contributed by atoms with Gasteiger partial charge in [0.2, 0.25) is 0 Å². The highest BCUT2D eigenvalue weighted by Gasteiger charge is 2.21. The molecule has 0 aliphatic carbocycles. The van der Waals surface area contributed by atoms with Crippen LogP contribution in [-0.4, -0.2) is 55.7 Å². The Labute approximate surface area is 168 Å². The zero-order valence-corrected chi connectivity index (χ0v) is 17.1. The van der Waals surface area contributed by atoms with E-state index in [9.17, 15) is 4.79 Å². The predicted molar refractivity (Wildman–Crippen MR) is 114 cm³/mol. The molecule has 0 spiro atoms. The van der Waals surface area contributed by atoms with Gasteiger partial charge in [-0.05, 0) is 41.7 Å². The third-order valence-electron chi connectivity index (χ3n) is 5.36. The number of nitrogens with zero attached hydrogens (tertiary/aromatic N) is 2. The normalized spacial score (nSPS) is 14.9. The highest BCUT2D eigenvalue weighted by atomic mass is 16.5. The summed E-state index contributed by atoms with van der Waals surface area (Å²) in [5.74, 6) is 1.27. The zero-order valence-electron chi connectivity index (χ0n) is 17.1. The van der Waals surface area contributed by atoms with Gasteiger partial charge < -0.3 is 15.0 Å². The molecule has 0 saturated carbocycles. The van der Waals surface area contributed by atoms with Gasteiger partial charge in [0.25, 0.3) is 0 Å². The molecule has 0 aromatic heterocycles. The summed E-state index contributed by atoms with van der Waals surface area (Å²) in [6.45, 7) is 8.65. The van der Waals surface area contributed by atoms with E-state index < -0.39 is 0 Å². The summed E-state index contributed by atoms with van der Waals surface area (Å²) in [6.07, 6.45) is 1.01. The van der Waals surface area contributed by atoms with Crippen molar-refractivity contribution in [2.24, 2.45) is 0 Å². The largest absolute Gasteiger partial charge is 0.497 e. The number of hydrogen-bond donors (Lipinski definition) is 1. The second-order valence-electron chi connectivity index (χ2n) is 7.60. The minimum atomic E-state index is 0.00269. The molecule has 150 valence electrons. The van der Waals surface area contributed by atoms with Crippen molar-refractivity contribution in [3.8, 4) is 5.75 Å². The van der Waals surface area contributed by atoms with E-state index in [4.69, 9.17) is 4.74 Å². The van der Waals surface area contributed by atoms with Gasteiger partial charge >= 0.3 is 6.03 Å². The Bertz CT molecular complexity index is 766. The van der Waals surface area contributed by atoms with E-state index in [2.05, 4.69) is 42.3 Å². The lowest BCUT2D eigenvalue weighted by Crippen LogP contribution is -2.50. The van der Waals surface area contributed by atoms with Crippen LogP contribution in [0.5, 0.6) is 5.75 Å². The van der Waals surface area contributed by atoms with E-state index in [1.165, 1.54) is 11.1 Å². The van der Waals surface area contributed by atoms with Gasteiger partial charge in [-0.2, -0.15) is 0 Å². The molecule has 1 N–H and O–H groups in total. The van der Waals surface area contributed by atoms with Crippen LogP contribution in [0.4, 0.5) is 10.5 Å². The summed E-state index contributed by atoms with van der Waals surface area (Å²) < 4.78 is 5.21. The van der Waals surface area contributed by atoms with Crippen molar-refractivity contribution in [3.63, 3.8) is 0 Å². The van der Waals surface area contributed by atoms with Gasteiger partial charge in [-0.3, -0.25) is 4.90 Å². The smallest absolute Gasteiger partial charge is 0.321 e. The Morgan fingerprint density at radius 1 is 1.04 bits per heavy atom. The Balaban J connectivity index is 1.46. The summed E-state index contributed by atoms with van der Waals surface area (Å²) in [6, 6.07) is 16.3. The van der Waals surface area contributed by atoms with Gasteiger partial charge in [0.05, 0.1) is 7.11 Å². The van der Waals surface area contributed by atoms with Crippen molar-refractivity contribution in [2.45, 2.75) is 26.2 Å². The molecule has 1 aliphatic rings. The van der Waals surface area contributed by atoms with Gasteiger partial charge in [-0.15, -0.1) is 0 Å². The lowest BCUT2D eigenvalue weighted by atomic mass is 10.0. The van der Waals surface area contributed by atoms with E-state index in [-0.39, 0.29) is 6.03 Å². The molecule has 1 heterocycles. The van der Waals surface area contributed by atoms with Gasteiger partial charge in [-0.1, -0.05) is 44.2 Å². The maximum atomic E-state index is 12.7.